The van der Waals surface area contributed by atoms with E-state index in [9.17, 15) is 4.79 Å². The highest BCUT2D eigenvalue weighted by atomic mass is 16.4. The first-order valence-corrected chi connectivity index (χ1v) is 6.59. The van der Waals surface area contributed by atoms with E-state index < -0.39 is 5.97 Å². The fourth-order valence-corrected chi connectivity index (χ4v) is 1.96. The highest BCUT2D eigenvalue weighted by Gasteiger charge is 2.07. The van der Waals surface area contributed by atoms with Crippen LogP contribution in [0.25, 0.3) is 0 Å². The lowest BCUT2D eigenvalue weighted by Crippen LogP contribution is -2.03. The lowest BCUT2D eigenvalue weighted by Gasteiger charge is -2.03. The van der Waals surface area contributed by atoms with E-state index in [1.807, 2.05) is 36.5 Å². The van der Waals surface area contributed by atoms with Crippen molar-refractivity contribution < 1.29 is 9.90 Å². The molecule has 0 saturated heterocycles. The van der Waals surface area contributed by atoms with Gasteiger partial charge in [-0.15, -0.1) is 0 Å². The molecule has 7 heteroatoms. The van der Waals surface area contributed by atoms with Gasteiger partial charge in [-0.05, 0) is 5.56 Å². The van der Waals surface area contributed by atoms with Crippen LogP contribution in [0.3, 0.4) is 0 Å². The number of aromatic nitrogens is 4. The molecule has 110 valence electrons. The lowest BCUT2D eigenvalue weighted by molar-refractivity contribution is 0.0690. The van der Waals surface area contributed by atoms with Gasteiger partial charge in [-0.3, -0.25) is 9.67 Å². The Kier molecular flexibility index (Phi) is 3.78. The fourth-order valence-electron chi connectivity index (χ4n) is 1.96. The number of hydrogen-bond acceptors (Lipinski definition) is 5. The van der Waals surface area contributed by atoms with Crippen LogP contribution in [0.4, 0.5) is 11.5 Å². The summed E-state index contributed by atoms with van der Waals surface area (Å²) in [6, 6.07) is 9.97. The molecule has 7 nitrogen and oxygen atoms in total. The Morgan fingerprint density at radius 3 is 2.77 bits per heavy atom. The summed E-state index contributed by atoms with van der Waals surface area (Å²) in [6.07, 6.45) is 6.13. The number of nitrogens with zero attached hydrogens (tertiary/aromatic N) is 4. The highest BCUT2D eigenvalue weighted by Crippen LogP contribution is 2.13. The molecule has 0 radical (unpaired) electrons. The molecule has 3 rings (SSSR count). The summed E-state index contributed by atoms with van der Waals surface area (Å²) >= 11 is 0. The third-order valence-electron chi connectivity index (χ3n) is 2.95. The summed E-state index contributed by atoms with van der Waals surface area (Å²) in [5, 5.41) is 16.1. The zero-order chi connectivity index (χ0) is 15.4. The third-order valence-corrected chi connectivity index (χ3v) is 2.95. The minimum atomic E-state index is -1.11. The maximum atomic E-state index is 10.9. The largest absolute Gasteiger partial charge is 0.476 e. The Hall–Kier alpha value is -3.22. The van der Waals surface area contributed by atoms with Gasteiger partial charge in [0.25, 0.3) is 0 Å². The molecule has 3 aromatic rings. The van der Waals surface area contributed by atoms with Gasteiger partial charge in [0.15, 0.2) is 5.69 Å². The third kappa shape index (κ3) is 3.26. The molecule has 0 aliphatic rings. The predicted octanol–water partition coefficient (Wildman–Crippen LogP) is 2.16. The normalized spacial score (nSPS) is 10.4. The molecule has 0 aliphatic carbocycles. The molecular formula is C15H13N5O2. The van der Waals surface area contributed by atoms with Crippen molar-refractivity contribution in [3.63, 3.8) is 0 Å². The molecule has 2 N–H and O–H groups in total. The molecule has 0 amide bonds. The molecule has 1 aromatic carbocycles. The molecule has 0 saturated carbocycles. The standard InChI is InChI=1S/C15H13N5O2/c21-15(22)13-7-16-8-14(19-13)18-12-6-17-20(10-12)9-11-4-2-1-3-5-11/h1-8,10H,9H2,(H,18,19)(H,21,22). The van der Waals surface area contributed by atoms with Crippen LogP contribution in [0.1, 0.15) is 16.1 Å². The van der Waals surface area contributed by atoms with Crippen LogP contribution in [0, 0.1) is 0 Å². The van der Waals surface area contributed by atoms with Crippen LogP contribution < -0.4 is 5.32 Å². The molecule has 22 heavy (non-hydrogen) atoms. The van der Waals surface area contributed by atoms with Gasteiger partial charge in [-0.2, -0.15) is 5.10 Å². The van der Waals surface area contributed by atoms with Gasteiger partial charge in [0.2, 0.25) is 0 Å². The molecule has 0 spiro atoms. The van der Waals surface area contributed by atoms with Crippen molar-refractivity contribution in [2.75, 3.05) is 5.32 Å². The summed E-state index contributed by atoms with van der Waals surface area (Å²) in [5.41, 5.74) is 1.75. The number of carboxylic acids is 1. The van der Waals surface area contributed by atoms with E-state index in [0.29, 0.717) is 18.1 Å². The average Bonchev–Trinajstić information content (AvgIpc) is 2.95. The second-order valence-corrected chi connectivity index (χ2v) is 4.63. The number of benzene rings is 1. The van der Waals surface area contributed by atoms with Crippen molar-refractivity contribution in [1.29, 1.82) is 0 Å². The first-order valence-electron chi connectivity index (χ1n) is 6.59. The summed E-state index contributed by atoms with van der Waals surface area (Å²) < 4.78 is 1.78. The average molecular weight is 295 g/mol. The van der Waals surface area contributed by atoms with E-state index >= 15 is 0 Å². The lowest BCUT2D eigenvalue weighted by atomic mass is 10.2. The number of carbonyl (C=O) groups is 1. The Balaban J connectivity index is 1.72. The van der Waals surface area contributed by atoms with Gasteiger partial charge in [0.1, 0.15) is 5.82 Å². The van der Waals surface area contributed by atoms with Gasteiger partial charge in [0, 0.05) is 6.20 Å². The molecule has 0 aliphatic heterocycles. The second kappa shape index (κ2) is 6.04. The molecule has 2 heterocycles. The summed E-state index contributed by atoms with van der Waals surface area (Å²) in [5.74, 6) is -0.755. The minimum absolute atomic E-state index is 0.110. The van der Waals surface area contributed by atoms with Gasteiger partial charge >= 0.3 is 5.97 Å². The van der Waals surface area contributed by atoms with Crippen molar-refractivity contribution in [3.05, 3.63) is 66.4 Å². The van der Waals surface area contributed by atoms with Crippen molar-refractivity contribution in [2.45, 2.75) is 6.54 Å². The van der Waals surface area contributed by atoms with Crippen molar-refractivity contribution in [1.82, 2.24) is 19.7 Å². The number of hydrogen-bond donors (Lipinski definition) is 2. The maximum absolute atomic E-state index is 10.9. The highest BCUT2D eigenvalue weighted by molar-refractivity contribution is 5.85. The van der Waals surface area contributed by atoms with Crippen LogP contribution in [0.5, 0.6) is 0 Å². The van der Waals surface area contributed by atoms with Gasteiger partial charge < -0.3 is 10.4 Å². The first-order chi connectivity index (χ1) is 10.7. The van der Waals surface area contributed by atoms with Gasteiger partial charge in [0.05, 0.1) is 30.8 Å². The summed E-state index contributed by atoms with van der Waals surface area (Å²) in [7, 11) is 0. The second-order valence-electron chi connectivity index (χ2n) is 4.63. The van der Waals surface area contributed by atoms with E-state index in [0.717, 1.165) is 5.56 Å². The van der Waals surface area contributed by atoms with E-state index in [1.54, 1.807) is 10.9 Å². The van der Waals surface area contributed by atoms with Crippen molar-refractivity contribution in [2.24, 2.45) is 0 Å². The molecule has 2 aromatic heterocycles. The monoisotopic (exact) mass is 295 g/mol. The van der Waals surface area contributed by atoms with Gasteiger partial charge in [-0.25, -0.2) is 9.78 Å². The van der Waals surface area contributed by atoms with Crippen molar-refractivity contribution >= 4 is 17.5 Å². The van der Waals surface area contributed by atoms with Crippen molar-refractivity contribution in [3.8, 4) is 0 Å². The van der Waals surface area contributed by atoms with E-state index in [1.165, 1.54) is 12.4 Å². The number of carboxylic acid groups (broad SMARTS) is 1. The molecule has 0 atom stereocenters. The molecule has 0 unspecified atom stereocenters. The Bertz CT molecular complexity index is 785. The van der Waals surface area contributed by atoms with E-state index in [-0.39, 0.29) is 5.69 Å². The predicted molar refractivity (Wildman–Crippen MR) is 80.0 cm³/mol. The first kappa shape index (κ1) is 13.7. The van der Waals surface area contributed by atoms with Crippen LogP contribution in [-0.4, -0.2) is 30.8 Å². The molecule has 0 bridgehead atoms. The zero-order valence-electron chi connectivity index (χ0n) is 11.5. The minimum Gasteiger partial charge on any atom is -0.476 e. The number of aromatic carboxylic acids is 1. The van der Waals surface area contributed by atoms with E-state index in [2.05, 4.69) is 20.4 Å². The SMILES string of the molecule is O=C(O)c1cncc(Nc2cnn(Cc3ccccc3)c2)n1. The maximum Gasteiger partial charge on any atom is 0.356 e. The van der Waals surface area contributed by atoms with Crippen LogP contribution in [-0.2, 0) is 6.54 Å². The zero-order valence-corrected chi connectivity index (χ0v) is 11.5. The van der Waals surface area contributed by atoms with E-state index in [4.69, 9.17) is 5.11 Å². The molecule has 0 fully saturated rings. The summed E-state index contributed by atoms with van der Waals surface area (Å²) in [6.45, 7) is 0.656. The Morgan fingerprint density at radius 2 is 2.00 bits per heavy atom. The smallest absolute Gasteiger partial charge is 0.356 e. The quantitative estimate of drug-likeness (QED) is 0.749. The van der Waals surface area contributed by atoms with Crippen LogP contribution in [0.2, 0.25) is 0 Å². The topological polar surface area (TPSA) is 92.9 Å². The molecular weight excluding hydrogens is 282 g/mol. The van der Waals surface area contributed by atoms with Crippen LogP contribution >= 0.6 is 0 Å². The Morgan fingerprint density at radius 1 is 1.18 bits per heavy atom. The Labute approximate surface area is 126 Å². The van der Waals surface area contributed by atoms with Crippen LogP contribution in [0.15, 0.2) is 55.1 Å². The number of anilines is 2. The number of rotatable bonds is 5. The van der Waals surface area contributed by atoms with Gasteiger partial charge in [-0.1, -0.05) is 30.3 Å². The number of nitrogens with one attached hydrogen (secondary N) is 1. The fraction of sp³-hybridized carbons (Fsp3) is 0.0667. The summed E-state index contributed by atoms with van der Waals surface area (Å²) in [4.78, 5) is 18.7.